The van der Waals surface area contributed by atoms with Crippen molar-refractivity contribution in [1.82, 2.24) is 9.97 Å². The number of aromatic nitrogens is 2. The van der Waals surface area contributed by atoms with Gasteiger partial charge in [0.2, 0.25) is 0 Å². The third kappa shape index (κ3) is 5.97. The van der Waals surface area contributed by atoms with E-state index in [1.807, 2.05) is 0 Å². The lowest BCUT2D eigenvalue weighted by Gasteiger charge is -2.38. The topological polar surface area (TPSA) is 32.3 Å². The highest BCUT2D eigenvalue weighted by atomic mass is 28.3. The summed E-state index contributed by atoms with van der Waals surface area (Å²) < 4.78 is 0. The van der Waals surface area contributed by atoms with E-state index >= 15 is 0 Å². The van der Waals surface area contributed by atoms with Gasteiger partial charge in [0, 0.05) is 24.8 Å². The molecule has 3 heterocycles. The van der Waals surface area contributed by atoms with Crippen LogP contribution in [-0.2, 0) is 12.8 Å². The van der Waals surface area contributed by atoms with Crippen LogP contribution in [0.3, 0.4) is 0 Å². The van der Waals surface area contributed by atoms with Crippen LogP contribution in [0, 0.1) is 0 Å². The molecule has 1 aromatic heterocycles. The van der Waals surface area contributed by atoms with E-state index in [-0.39, 0.29) is 5.92 Å². The smallest absolute Gasteiger partial charge is 0.175 e. The lowest BCUT2D eigenvalue weighted by molar-refractivity contribution is 0.760. The summed E-state index contributed by atoms with van der Waals surface area (Å²) in [6.45, 7) is 0. The predicted molar refractivity (Wildman–Crippen MR) is 246 cm³/mol. The van der Waals surface area contributed by atoms with Gasteiger partial charge in [-0.3, -0.25) is 9.80 Å². The lowest BCUT2D eigenvalue weighted by Crippen LogP contribution is -2.68. The Kier molecular flexibility index (Phi) is 8.74. The first kappa shape index (κ1) is 35.1. The molecule has 2 aliphatic heterocycles. The molecule has 8 aromatic rings. The van der Waals surface area contributed by atoms with Gasteiger partial charge in [0.25, 0.3) is 0 Å². The Morgan fingerprint density at radius 1 is 0.424 bits per heavy atom. The minimum absolute atomic E-state index is 0.0673. The molecular weight excluding hydrogens is 733 g/mol. The summed E-state index contributed by atoms with van der Waals surface area (Å²) in [6, 6.07) is 70.9. The highest BCUT2D eigenvalue weighted by Crippen LogP contribution is 2.48. The number of anilines is 6. The molecule has 0 amide bonds. The van der Waals surface area contributed by atoms with Crippen LogP contribution in [0.15, 0.2) is 218 Å². The molecule has 0 N–H and O–H groups in total. The summed E-state index contributed by atoms with van der Waals surface area (Å²) in [5.41, 5.74) is 9.77. The number of allylic oxidation sites excluding steroid dienone is 4. The molecule has 0 spiro atoms. The van der Waals surface area contributed by atoms with Crippen molar-refractivity contribution in [1.29, 1.82) is 0 Å². The zero-order valence-electron chi connectivity index (χ0n) is 32.7. The number of hydrogen-bond acceptors (Lipinski definition) is 4. The highest BCUT2D eigenvalue weighted by molar-refractivity contribution is 7.16. The van der Waals surface area contributed by atoms with Crippen molar-refractivity contribution in [2.75, 3.05) is 9.80 Å². The zero-order chi connectivity index (χ0) is 39.2. The predicted octanol–water partition coefficient (Wildman–Crippen LogP) is 10.9. The fourth-order valence-electron chi connectivity index (χ4n) is 9.77. The van der Waals surface area contributed by atoms with E-state index in [1.54, 1.807) is 0 Å². The highest BCUT2D eigenvalue weighted by Gasteiger charge is 2.44. The van der Waals surface area contributed by atoms with Crippen molar-refractivity contribution in [3.8, 4) is 0 Å². The molecular formula is C54H42N4Si. The molecule has 1 aliphatic carbocycles. The van der Waals surface area contributed by atoms with Crippen molar-refractivity contribution in [3.05, 3.63) is 246 Å². The molecule has 5 heteroatoms. The van der Waals surface area contributed by atoms with Crippen molar-refractivity contribution in [2.45, 2.75) is 25.2 Å². The Hall–Kier alpha value is -7.08. The lowest BCUT2D eigenvalue weighted by atomic mass is 9.95. The van der Waals surface area contributed by atoms with E-state index in [2.05, 4.69) is 222 Å². The minimum atomic E-state index is -2.75. The molecule has 282 valence electrons. The van der Waals surface area contributed by atoms with Gasteiger partial charge >= 0.3 is 0 Å². The third-order valence-electron chi connectivity index (χ3n) is 12.4. The van der Waals surface area contributed by atoms with E-state index < -0.39 is 8.07 Å². The van der Waals surface area contributed by atoms with Gasteiger partial charge < -0.3 is 0 Å². The normalized spacial score (nSPS) is 15.4. The van der Waals surface area contributed by atoms with Gasteiger partial charge in [-0.1, -0.05) is 187 Å². The Bertz CT molecular complexity index is 2580. The first-order valence-electron chi connectivity index (χ1n) is 20.6. The van der Waals surface area contributed by atoms with E-state index in [9.17, 15) is 0 Å². The number of benzene rings is 7. The molecule has 0 saturated carbocycles. The summed E-state index contributed by atoms with van der Waals surface area (Å²) in [6.07, 6.45) is 9.55. The molecule has 11 rings (SSSR count). The van der Waals surface area contributed by atoms with Gasteiger partial charge in [-0.05, 0) is 68.5 Å². The van der Waals surface area contributed by atoms with Crippen molar-refractivity contribution >= 4 is 58.0 Å². The molecule has 0 radical (unpaired) electrons. The Morgan fingerprint density at radius 2 is 0.780 bits per heavy atom. The van der Waals surface area contributed by atoms with Crippen LogP contribution < -0.4 is 25.4 Å². The van der Waals surface area contributed by atoms with Gasteiger partial charge in [0.05, 0.1) is 22.7 Å². The summed E-state index contributed by atoms with van der Waals surface area (Å²) >= 11 is 0. The van der Waals surface area contributed by atoms with Crippen molar-refractivity contribution in [3.63, 3.8) is 0 Å². The Balaban J connectivity index is 1.12. The van der Waals surface area contributed by atoms with Crippen LogP contribution in [0.1, 0.15) is 40.4 Å². The molecule has 0 bridgehead atoms. The van der Waals surface area contributed by atoms with Gasteiger partial charge in [-0.15, -0.1) is 0 Å². The molecule has 4 nitrogen and oxygen atoms in total. The quantitative estimate of drug-likeness (QED) is 0.119. The maximum absolute atomic E-state index is 5.65. The average Bonchev–Trinajstić information content (AvgIpc) is 3.31. The summed E-state index contributed by atoms with van der Waals surface area (Å²) in [7, 11) is -2.75. The maximum Gasteiger partial charge on any atom is 0.175 e. The minimum Gasteiger partial charge on any atom is -0.294 e. The number of fused-ring (bicyclic) bond motifs is 4. The third-order valence-corrected chi connectivity index (χ3v) is 17.3. The number of hydrogen-bond donors (Lipinski definition) is 0. The largest absolute Gasteiger partial charge is 0.294 e. The average molecular weight is 775 g/mol. The fourth-order valence-corrected chi connectivity index (χ4v) is 14.8. The van der Waals surface area contributed by atoms with Gasteiger partial charge in [-0.25, -0.2) is 9.97 Å². The van der Waals surface area contributed by atoms with Crippen LogP contribution in [-0.4, -0.2) is 18.0 Å². The van der Waals surface area contributed by atoms with E-state index in [1.165, 1.54) is 43.0 Å². The number of para-hydroxylation sites is 4. The molecule has 0 fully saturated rings. The number of nitrogens with zero attached hydrogens (tertiary/aromatic N) is 4. The molecule has 59 heavy (non-hydrogen) atoms. The van der Waals surface area contributed by atoms with Crippen LogP contribution in [0.25, 0.3) is 0 Å². The van der Waals surface area contributed by atoms with E-state index in [0.29, 0.717) is 0 Å². The second kappa shape index (κ2) is 14.7. The first-order chi connectivity index (χ1) is 29.3. The van der Waals surface area contributed by atoms with Crippen molar-refractivity contribution < 1.29 is 0 Å². The first-order valence-corrected chi connectivity index (χ1v) is 22.6. The maximum atomic E-state index is 5.65. The second-order valence-corrected chi connectivity index (χ2v) is 19.6. The van der Waals surface area contributed by atoms with Gasteiger partial charge in [-0.2, -0.15) is 0 Å². The standard InChI is InChI=1S/C54H42N4Si/c1-4-24-44(25-5-1)59(45-26-6-2-7-27-45,46-28-8-3-9-29-46)47-30-18-23-43(37-47)54-55-52(57-48-31-14-10-19-39(48)35-40-20-11-15-32-49(40)57)38-53(56-54)58-50-33-16-12-21-41(50)36-42-22-13-17-34-51(42)58/h1-34,38,43H,35-37H2. The fraction of sp³-hybridized carbons (Fsp3) is 0.0741. The summed E-state index contributed by atoms with van der Waals surface area (Å²) in [5.74, 6) is 2.49. The Labute approximate surface area is 347 Å². The van der Waals surface area contributed by atoms with Crippen LogP contribution in [0.4, 0.5) is 34.4 Å². The van der Waals surface area contributed by atoms with Crippen LogP contribution >= 0.6 is 0 Å². The summed E-state index contributed by atoms with van der Waals surface area (Å²) in [4.78, 5) is 16.0. The van der Waals surface area contributed by atoms with E-state index in [4.69, 9.17) is 9.97 Å². The molecule has 7 aromatic carbocycles. The van der Waals surface area contributed by atoms with Crippen LogP contribution in [0.2, 0.25) is 0 Å². The Morgan fingerprint density at radius 3 is 1.17 bits per heavy atom. The number of rotatable bonds is 7. The van der Waals surface area contributed by atoms with E-state index in [0.717, 1.165) is 59.5 Å². The SMILES string of the molecule is C1=CC(c2nc(N3c4ccccc4Cc4ccccc43)cc(N3c4ccccc4Cc4ccccc43)n2)CC([Si](c2ccccc2)(c2ccccc2)c2ccccc2)=C1. The second-order valence-electron chi connectivity index (χ2n) is 15.7. The molecule has 0 saturated heterocycles. The molecule has 1 unspecified atom stereocenters. The molecule has 3 aliphatic rings. The summed E-state index contributed by atoms with van der Waals surface area (Å²) in [5, 5.41) is 5.55. The van der Waals surface area contributed by atoms with Gasteiger partial charge in [0.1, 0.15) is 17.5 Å². The van der Waals surface area contributed by atoms with Crippen molar-refractivity contribution in [2.24, 2.45) is 0 Å². The zero-order valence-corrected chi connectivity index (χ0v) is 33.7. The molecule has 1 atom stereocenters. The monoisotopic (exact) mass is 774 g/mol. The van der Waals surface area contributed by atoms with Crippen LogP contribution in [0.5, 0.6) is 0 Å². The van der Waals surface area contributed by atoms with Gasteiger partial charge in [0.15, 0.2) is 8.07 Å².